The number of rotatable bonds is 3. The lowest BCUT2D eigenvalue weighted by Gasteiger charge is -2.32. The molecule has 1 aromatic rings. The molecule has 0 aromatic carbocycles. The van der Waals surface area contributed by atoms with Crippen LogP contribution in [0.1, 0.15) is 27.7 Å². The number of anilines is 1. The van der Waals surface area contributed by atoms with Crippen LogP contribution in [-0.2, 0) is 0 Å². The summed E-state index contributed by atoms with van der Waals surface area (Å²) in [5, 5.41) is 0.718. The maximum atomic E-state index is 6.10. The Kier molecular flexibility index (Phi) is 3.76. The van der Waals surface area contributed by atoms with Crippen LogP contribution in [0, 0.1) is 0 Å². The minimum atomic E-state index is 0.405. The highest BCUT2D eigenvalue weighted by Crippen LogP contribution is 2.25. The van der Waals surface area contributed by atoms with Crippen LogP contribution in [0.4, 0.5) is 5.82 Å². The summed E-state index contributed by atoms with van der Waals surface area (Å²) in [5.41, 5.74) is 0. The lowest BCUT2D eigenvalue weighted by Crippen LogP contribution is -2.37. The maximum Gasteiger partial charge on any atom is 0.147 e. The Balaban J connectivity index is 3.05. The molecule has 0 aliphatic heterocycles. The summed E-state index contributed by atoms with van der Waals surface area (Å²) in [6, 6.07) is 4.54. The topological polar surface area (TPSA) is 16.1 Å². The minimum Gasteiger partial charge on any atom is -0.351 e. The Morgan fingerprint density at radius 3 is 2.21 bits per heavy atom. The van der Waals surface area contributed by atoms with Crippen LogP contribution >= 0.6 is 11.6 Å². The number of hydrogen-bond donors (Lipinski definition) is 0. The van der Waals surface area contributed by atoms with Gasteiger partial charge in [0, 0.05) is 18.3 Å². The largest absolute Gasteiger partial charge is 0.351 e. The molecule has 0 saturated heterocycles. The molecule has 0 saturated carbocycles. The summed E-state index contributed by atoms with van der Waals surface area (Å²) in [5.74, 6) is 0.874. The van der Waals surface area contributed by atoms with Gasteiger partial charge in [0.2, 0.25) is 0 Å². The molecule has 14 heavy (non-hydrogen) atoms. The molecule has 1 rings (SSSR count). The van der Waals surface area contributed by atoms with Crippen molar-refractivity contribution in [2.45, 2.75) is 39.8 Å². The molecular formula is C11H17ClN2. The first-order valence-electron chi connectivity index (χ1n) is 4.93. The molecule has 0 atom stereocenters. The van der Waals surface area contributed by atoms with E-state index in [1.54, 1.807) is 6.20 Å². The SMILES string of the molecule is CC(C)N(c1ncccc1Cl)C(C)C. The van der Waals surface area contributed by atoms with E-state index in [1.165, 1.54) is 0 Å². The van der Waals surface area contributed by atoms with Gasteiger partial charge in [-0.25, -0.2) is 4.98 Å². The molecule has 0 aliphatic carbocycles. The molecule has 0 aliphatic rings. The van der Waals surface area contributed by atoms with Gasteiger partial charge < -0.3 is 4.90 Å². The summed E-state index contributed by atoms with van der Waals surface area (Å²) >= 11 is 6.10. The second kappa shape index (κ2) is 4.65. The number of pyridine rings is 1. The number of nitrogens with zero attached hydrogens (tertiary/aromatic N) is 2. The van der Waals surface area contributed by atoms with Gasteiger partial charge in [0.05, 0.1) is 5.02 Å². The fourth-order valence-electron chi connectivity index (χ4n) is 1.65. The number of halogens is 1. The molecule has 3 heteroatoms. The van der Waals surface area contributed by atoms with Gasteiger partial charge in [-0.3, -0.25) is 0 Å². The first kappa shape index (κ1) is 11.3. The van der Waals surface area contributed by atoms with Crippen LogP contribution in [-0.4, -0.2) is 17.1 Å². The van der Waals surface area contributed by atoms with Crippen molar-refractivity contribution >= 4 is 17.4 Å². The molecule has 78 valence electrons. The first-order valence-corrected chi connectivity index (χ1v) is 5.30. The summed E-state index contributed by atoms with van der Waals surface area (Å²) in [6.45, 7) is 8.58. The van der Waals surface area contributed by atoms with Crippen molar-refractivity contribution in [1.29, 1.82) is 0 Å². The van der Waals surface area contributed by atoms with Crippen molar-refractivity contribution in [3.05, 3.63) is 23.4 Å². The van der Waals surface area contributed by atoms with Gasteiger partial charge in [0.1, 0.15) is 5.82 Å². The second-order valence-electron chi connectivity index (χ2n) is 3.90. The third-order valence-corrected chi connectivity index (χ3v) is 2.39. The average molecular weight is 213 g/mol. The zero-order chi connectivity index (χ0) is 10.7. The van der Waals surface area contributed by atoms with E-state index < -0.39 is 0 Å². The van der Waals surface area contributed by atoms with Crippen molar-refractivity contribution in [1.82, 2.24) is 4.98 Å². The van der Waals surface area contributed by atoms with E-state index in [-0.39, 0.29) is 0 Å². The highest BCUT2D eigenvalue weighted by molar-refractivity contribution is 6.32. The smallest absolute Gasteiger partial charge is 0.147 e. The third-order valence-electron chi connectivity index (χ3n) is 2.10. The van der Waals surface area contributed by atoms with Crippen molar-refractivity contribution < 1.29 is 0 Å². The van der Waals surface area contributed by atoms with Gasteiger partial charge in [-0.05, 0) is 39.8 Å². The average Bonchev–Trinajstić information content (AvgIpc) is 2.07. The third kappa shape index (κ3) is 2.38. The Bertz CT molecular complexity index is 289. The lowest BCUT2D eigenvalue weighted by molar-refractivity contribution is 0.600. The molecule has 0 amide bonds. The van der Waals surface area contributed by atoms with E-state index in [0.717, 1.165) is 10.8 Å². The quantitative estimate of drug-likeness (QED) is 0.764. The molecule has 1 aromatic heterocycles. The minimum absolute atomic E-state index is 0.405. The molecule has 0 fully saturated rings. The second-order valence-corrected chi connectivity index (χ2v) is 4.31. The molecule has 0 unspecified atom stereocenters. The predicted molar refractivity (Wildman–Crippen MR) is 62.0 cm³/mol. The van der Waals surface area contributed by atoms with Gasteiger partial charge in [0.25, 0.3) is 0 Å². The van der Waals surface area contributed by atoms with Crippen LogP contribution in [0.2, 0.25) is 5.02 Å². The summed E-state index contributed by atoms with van der Waals surface area (Å²) in [4.78, 5) is 6.53. The van der Waals surface area contributed by atoms with Gasteiger partial charge in [-0.2, -0.15) is 0 Å². The Morgan fingerprint density at radius 2 is 1.79 bits per heavy atom. The van der Waals surface area contributed by atoms with E-state index >= 15 is 0 Å². The first-order chi connectivity index (χ1) is 6.54. The van der Waals surface area contributed by atoms with E-state index in [1.807, 2.05) is 12.1 Å². The molecule has 0 N–H and O–H groups in total. The molecular weight excluding hydrogens is 196 g/mol. The zero-order valence-electron chi connectivity index (χ0n) is 9.16. The Hall–Kier alpha value is -0.760. The summed E-state index contributed by atoms with van der Waals surface area (Å²) in [7, 11) is 0. The van der Waals surface area contributed by atoms with E-state index in [0.29, 0.717) is 12.1 Å². The fourth-order valence-corrected chi connectivity index (χ4v) is 1.87. The molecule has 1 heterocycles. The lowest BCUT2D eigenvalue weighted by atomic mass is 10.2. The van der Waals surface area contributed by atoms with Gasteiger partial charge in [-0.15, -0.1) is 0 Å². The Morgan fingerprint density at radius 1 is 1.21 bits per heavy atom. The van der Waals surface area contributed by atoms with Gasteiger partial charge in [-0.1, -0.05) is 11.6 Å². The molecule has 0 bridgehead atoms. The zero-order valence-corrected chi connectivity index (χ0v) is 9.92. The van der Waals surface area contributed by atoms with Gasteiger partial charge in [0.15, 0.2) is 0 Å². The van der Waals surface area contributed by atoms with Crippen LogP contribution in [0.5, 0.6) is 0 Å². The maximum absolute atomic E-state index is 6.10. The number of hydrogen-bond acceptors (Lipinski definition) is 2. The van der Waals surface area contributed by atoms with Crippen molar-refractivity contribution in [3.8, 4) is 0 Å². The molecule has 2 nitrogen and oxygen atoms in total. The van der Waals surface area contributed by atoms with E-state index in [2.05, 4.69) is 37.6 Å². The van der Waals surface area contributed by atoms with E-state index in [9.17, 15) is 0 Å². The van der Waals surface area contributed by atoms with Crippen LogP contribution < -0.4 is 4.90 Å². The highest BCUT2D eigenvalue weighted by Gasteiger charge is 2.17. The summed E-state index contributed by atoms with van der Waals surface area (Å²) < 4.78 is 0. The van der Waals surface area contributed by atoms with Crippen LogP contribution in [0.25, 0.3) is 0 Å². The summed E-state index contributed by atoms with van der Waals surface area (Å²) in [6.07, 6.45) is 1.78. The van der Waals surface area contributed by atoms with Crippen molar-refractivity contribution in [2.75, 3.05) is 4.90 Å². The van der Waals surface area contributed by atoms with E-state index in [4.69, 9.17) is 11.6 Å². The molecule has 0 radical (unpaired) electrons. The number of aromatic nitrogens is 1. The van der Waals surface area contributed by atoms with Crippen molar-refractivity contribution in [2.24, 2.45) is 0 Å². The molecule has 0 spiro atoms. The van der Waals surface area contributed by atoms with Crippen LogP contribution in [0.3, 0.4) is 0 Å². The highest BCUT2D eigenvalue weighted by atomic mass is 35.5. The fraction of sp³-hybridized carbons (Fsp3) is 0.545. The van der Waals surface area contributed by atoms with Gasteiger partial charge >= 0.3 is 0 Å². The Labute approximate surface area is 90.9 Å². The van der Waals surface area contributed by atoms with Crippen LogP contribution in [0.15, 0.2) is 18.3 Å². The normalized spacial score (nSPS) is 11.1. The predicted octanol–water partition coefficient (Wildman–Crippen LogP) is 3.36. The monoisotopic (exact) mass is 212 g/mol. The van der Waals surface area contributed by atoms with Crippen molar-refractivity contribution in [3.63, 3.8) is 0 Å². The standard InChI is InChI=1S/C11H17ClN2/c1-8(2)14(9(3)4)11-10(12)6-5-7-13-11/h5-9H,1-4H3.